The lowest BCUT2D eigenvalue weighted by atomic mass is 10.0. The van der Waals surface area contributed by atoms with Crippen molar-refractivity contribution in [3.63, 3.8) is 0 Å². The Hall–Kier alpha value is -1.63. The standard InChI is InChI=1S/C15H16N2S/c1-12(14-8-10-18-11-14)17-15(7-9-16)13-5-3-2-4-6-13/h2-6,8,10-12,15,17H,7H2,1H3. The third-order valence-electron chi connectivity index (χ3n) is 2.99. The molecule has 1 N–H and O–H groups in total. The highest BCUT2D eigenvalue weighted by molar-refractivity contribution is 7.07. The number of nitrogens with zero attached hydrogens (tertiary/aromatic N) is 1. The minimum atomic E-state index is 0.0890. The summed E-state index contributed by atoms with van der Waals surface area (Å²) in [6.45, 7) is 2.13. The number of hydrogen-bond donors (Lipinski definition) is 1. The van der Waals surface area contributed by atoms with Gasteiger partial charge >= 0.3 is 0 Å². The number of rotatable bonds is 5. The van der Waals surface area contributed by atoms with Gasteiger partial charge in [0.25, 0.3) is 0 Å². The van der Waals surface area contributed by atoms with Crippen LogP contribution in [-0.2, 0) is 0 Å². The monoisotopic (exact) mass is 256 g/mol. The van der Waals surface area contributed by atoms with Crippen LogP contribution in [0.1, 0.15) is 36.6 Å². The lowest BCUT2D eigenvalue weighted by Crippen LogP contribution is -2.24. The van der Waals surface area contributed by atoms with E-state index in [0.29, 0.717) is 6.42 Å². The Morgan fingerprint density at radius 2 is 2.00 bits per heavy atom. The lowest BCUT2D eigenvalue weighted by molar-refractivity contribution is 0.473. The summed E-state index contributed by atoms with van der Waals surface area (Å²) in [6, 6.07) is 14.9. The van der Waals surface area contributed by atoms with Crippen molar-refractivity contribution in [3.05, 3.63) is 58.3 Å². The molecular formula is C15H16N2S. The first kappa shape index (κ1) is 12.8. The van der Waals surface area contributed by atoms with E-state index < -0.39 is 0 Å². The van der Waals surface area contributed by atoms with Crippen LogP contribution >= 0.6 is 11.3 Å². The first-order valence-corrected chi connectivity index (χ1v) is 6.95. The number of thiophene rings is 1. The van der Waals surface area contributed by atoms with Gasteiger partial charge in [-0.2, -0.15) is 16.6 Å². The van der Waals surface area contributed by atoms with Gasteiger partial charge in [-0.15, -0.1) is 0 Å². The second-order valence-electron chi connectivity index (χ2n) is 4.27. The predicted molar refractivity (Wildman–Crippen MR) is 75.3 cm³/mol. The summed E-state index contributed by atoms with van der Waals surface area (Å²) in [7, 11) is 0. The van der Waals surface area contributed by atoms with Crippen LogP contribution < -0.4 is 5.32 Å². The second-order valence-corrected chi connectivity index (χ2v) is 5.05. The van der Waals surface area contributed by atoms with Crippen LogP contribution in [0.25, 0.3) is 0 Å². The highest BCUT2D eigenvalue weighted by Gasteiger charge is 2.15. The number of hydrogen-bond acceptors (Lipinski definition) is 3. The van der Waals surface area contributed by atoms with Crippen LogP contribution in [0, 0.1) is 11.3 Å². The summed E-state index contributed by atoms with van der Waals surface area (Å²) in [5, 5.41) is 16.7. The molecule has 0 radical (unpaired) electrons. The molecular weight excluding hydrogens is 240 g/mol. The van der Waals surface area contributed by atoms with Crippen molar-refractivity contribution < 1.29 is 0 Å². The van der Waals surface area contributed by atoms with Crippen molar-refractivity contribution in [3.8, 4) is 6.07 Å². The van der Waals surface area contributed by atoms with Crippen LogP contribution in [0.5, 0.6) is 0 Å². The smallest absolute Gasteiger partial charge is 0.0641 e. The highest BCUT2D eigenvalue weighted by atomic mass is 32.1. The van der Waals surface area contributed by atoms with Gasteiger partial charge in [0.15, 0.2) is 0 Å². The van der Waals surface area contributed by atoms with Crippen molar-refractivity contribution in [2.75, 3.05) is 0 Å². The molecule has 0 aliphatic rings. The van der Waals surface area contributed by atoms with Crippen molar-refractivity contribution in [2.24, 2.45) is 0 Å². The predicted octanol–water partition coefficient (Wildman–Crippen LogP) is 4.05. The molecule has 1 heterocycles. The molecule has 2 unspecified atom stereocenters. The topological polar surface area (TPSA) is 35.8 Å². The molecule has 0 saturated carbocycles. The van der Waals surface area contributed by atoms with Crippen LogP contribution in [0.2, 0.25) is 0 Å². The summed E-state index contributed by atoms with van der Waals surface area (Å²) in [4.78, 5) is 0. The third kappa shape index (κ3) is 3.19. The average Bonchev–Trinajstić information content (AvgIpc) is 2.93. The summed E-state index contributed by atoms with van der Waals surface area (Å²) in [5.41, 5.74) is 2.44. The third-order valence-corrected chi connectivity index (χ3v) is 3.69. The maximum Gasteiger partial charge on any atom is 0.0641 e. The van der Waals surface area contributed by atoms with Gasteiger partial charge in [-0.05, 0) is 34.9 Å². The molecule has 0 aliphatic carbocycles. The molecule has 0 aliphatic heterocycles. The van der Waals surface area contributed by atoms with Gasteiger partial charge < -0.3 is 5.32 Å². The van der Waals surface area contributed by atoms with Gasteiger partial charge in [0.05, 0.1) is 12.5 Å². The highest BCUT2D eigenvalue weighted by Crippen LogP contribution is 2.23. The molecule has 0 spiro atoms. The Balaban J connectivity index is 2.10. The van der Waals surface area contributed by atoms with Crippen LogP contribution in [0.4, 0.5) is 0 Å². The van der Waals surface area contributed by atoms with E-state index in [-0.39, 0.29) is 12.1 Å². The molecule has 2 rings (SSSR count). The van der Waals surface area contributed by atoms with E-state index in [4.69, 9.17) is 5.26 Å². The molecule has 18 heavy (non-hydrogen) atoms. The normalized spacial score (nSPS) is 13.8. The first-order chi connectivity index (χ1) is 8.81. The van der Waals surface area contributed by atoms with Gasteiger partial charge in [0.1, 0.15) is 0 Å². The first-order valence-electron chi connectivity index (χ1n) is 6.01. The fraction of sp³-hybridized carbons (Fsp3) is 0.267. The van der Waals surface area contributed by atoms with Gasteiger partial charge in [-0.1, -0.05) is 30.3 Å². The van der Waals surface area contributed by atoms with E-state index in [0.717, 1.165) is 0 Å². The largest absolute Gasteiger partial charge is 0.302 e. The zero-order valence-electron chi connectivity index (χ0n) is 10.3. The summed E-state index contributed by atoms with van der Waals surface area (Å²) >= 11 is 1.70. The Morgan fingerprint density at radius 1 is 1.22 bits per heavy atom. The van der Waals surface area contributed by atoms with Crippen LogP contribution in [0.15, 0.2) is 47.2 Å². The Kier molecular flexibility index (Phi) is 4.52. The van der Waals surface area contributed by atoms with E-state index in [1.165, 1.54) is 11.1 Å². The van der Waals surface area contributed by atoms with E-state index in [9.17, 15) is 0 Å². The maximum atomic E-state index is 8.95. The minimum absolute atomic E-state index is 0.0890. The second kappa shape index (κ2) is 6.34. The Labute approximate surface area is 112 Å². The molecule has 0 fully saturated rings. The summed E-state index contributed by atoms with van der Waals surface area (Å²) in [5.74, 6) is 0. The maximum absolute atomic E-state index is 8.95. The number of benzene rings is 1. The Morgan fingerprint density at radius 3 is 2.61 bits per heavy atom. The summed E-state index contributed by atoms with van der Waals surface area (Å²) < 4.78 is 0. The fourth-order valence-corrected chi connectivity index (χ4v) is 2.72. The van der Waals surface area contributed by atoms with E-state index >= 15 is 0 Å². The average molecular weight is 256 g/mol. The van der Waals surface area contributed by atoms with E-state index in [2.05, 4.69) is 47.3 Å². The van der Waals surface area contributed by atoms with Crippen molar-refractivity contribution in [1.29, 1.82) is 5.26 Å². The SMILES string of the molecule is CC(NC(CC#N)c1ccccc1)c1ccsc1. The molecule has 92 valence electrons. The van der Waals surface area contributed by atoms with Gasteiger partial charge in [0, 0.05) is 12.1 Å². The van der Waals surface area contributed by atoms with Gasteiger partial charge in [-0.25, -0.2) is 0 Å². The lowest BCUT2D eigenvalue weighted by Gasteiger charge is -2.21. The molecule has 3 heteroatoms. The quantitative estimate of drug-likeness (QED) is 0.876. The zero-order chi connectivity index (χ0) is 12.8. The molecule has 2 nitrogen and oxygen atoms in total. The molecule has 1 aromatic carbocycles. The minimum Gasteiger partial charge on any atom is -0.302 e. The van der Waals surface area contributed by atoms with Gasteiger partial charge in [0.2, 0.25) is 0 Å². The molecule has 1 aromatic heterocycles. The van der Waals surface area contributed by atoms with Crippen molar-refractivity contribution >= 4 is 11.3 Å². The van der Waals surface area contributed by atoms with Crippen molar-refractivity contribution in [1.82, 2.24) is 5.32 Å². The fourth-order valence-electron chi connectivity index (χ4n) is 1.97. The Bertz CT molecular complexity index is 499. The van der Waals surface area contributed by atoms with Crippen molar-refractivity contribution in [2.45, 2.75) is 25.4 Å². The van der Waals surface area contributed by atoms with E-state index in [1.54, 1.807) is 11.3 Å². The molecule has 0 saturated heterocycles. The zero-order valence-corrected chi connectivity index (χ0v) is 11.2. The molecule has 0 amide bonds. The van der Waals surface area contributed by atoms with Crippen LogP contribution in [-0.4, -0.2) is 0 Å². The van der Waals surface area contributed by atoms with Gasteiger partial charge in [-0.3, -0.25) is 0 Å². The number of nitriles is 1. The molecule has 0 bridgehead atoms. The van der Waals surface area contributed by atoms with Crippen LogP contribution in [0.3, 0.4) is 0 Å². The molecule has 2 atom stereocenters. The summed E-state index contributed by atoms with van der Waals surface area (Å²) in [6.07, 6.45) is 0.485. The number of nitrogens with one attached hydrogen (secondary N) is 1. The molecule has 2 aromatic rings. The van der Waals surface area contributed by atoms with E-state index in [1.807, 2.05) is 18.2 Å².